The summed E-state index contributed by atoms with van der Waals surface area (Å²) in [5.74, 6) is -0.992. The van der Waals surface area contributed by atoms with E-state index in [0.717, 1.165) is 30.7 Å². The van der Waals surface area contributed by atoms with E-state index in [9.17, 15) is 19.1 Å². The Morgan fingerprint density at radius 3 is 2.76 bits per heavy atom. The lowest BCUT2D eigenvalue weighted by Gasteiger charge is -2.39. The predicted molar refractivity (Wildman–Crippen MR) is 172 cm³/mol. The lowest BCUT2D eigenvalue weighted by atomic mass is 9.88. The number of aliphatic hydroxyl groups excluding tert-OH is 1. The molecule has 0 amide bonds. The summed E-state index contributed by atoms with van der Waals surface area (Å²) in [5.41, 5.74) is 5.70. The summed E-state index contributed by atoms with van der Waals surface area (Å²) < 4.78 is 52.1. The molecule has 4 aromatic rings. The first-order chi connectivity index (χ1) is 21.6. The molecule has 2 saturated heterocycles. The van der Waals surface area contributed by atoms with E-state index in [4.69, 9.17) is 22.1 Å². The Balaban J connectivity index is 0.00000175. The largest absolute Gasteiger partial charge is 0.461 e. The molecule has 2 aromatic carbocycles. The fourth-order valence-electron chi connectivity index (χ4n) is 6.94. The number of nitrogen functional groups attached to an aromatic ring is 1. The molecule has 13 heteroatoms. The van der Waals surface area contributed by atoms with E-state index in [0.29, 0.717) is 37.0 Å². The van der Waals surface area contributed by atoms with Gasteiger partial charge in [-0.25, -0.2) is 13.2 Å². The minimum atomic E-state index is -0.938. The fourth-order valence-corrected chi connectivity index (χ4v) is 8.19. The number of alkyl halides is 1. The molecule has 8 nitrogen and oxygen atoms in total. The minimum absolute atomic E-state index is 0.0209. The van der Waals surface area contributed by atoms with Gasteiger partial charge in [0.1, 0.15) is 41.0 Å². The molecule has 1 aliphatic carbocycles. The van der Waals surface area contributed by atoms with E-state index in [-0.39, 0.29) is 61.0 Å². The number of nitrogens with zero attached hydrogens (tertiary/aromatic N) is 5. The highest BCUT2D eigenvalue weighted by Crippen LogP contribution is 2.46. The fraction of sp³-hybridized carbons (Fsp3) is 0.469. The van der Waals surface area contributed by atoms with Crippen molar-refractivity contribution in [3.8, 4) is 23.2 Å². The average molecular weight is 659 g/mol. The quantitative estimate of drug-likeness (QED) is 0.232. The number of nitriles is 1. The number of ether oxygens (including phenoxy) is 1. The first-order valence-electron chi connectivity index (χ1n) is 15.1. The first kappa shape index (κ1) is 31.6. The van der Waals surface area contributed by atoms with Gasteiger partial charge in [-0.3, -0.25) is 4.90 Å². The van der Waals surface area contributed by atoms with Crippen molar-refractivity contribution >= 4 is 54.7 Å². The van der Waals surface area contributed by atoms with E-state index >= 15 is 4.39 Å². The number of aliphatic hydroxyl groups is 1. The SMILES string of the molecule is CC.CN(c1nc(OCC23CCCN2CC(F)C3)nc2c(F)c(-c3ccc(F)c4sc(N)c(C#N)c34)c(Cl)cc12)C1CC(O)C1. The second-order valence-corrected chi connectivity index (χ2v) is 13.2. The predicted octanol–water partition coefficient (Wildman–Crippen LogP) is 6.84. The van der Waals surface area contributed by atoms with Crippen LogP contribution in [0.3, 0.4) is 0 Å². The van der Waals surface area contributed by atoms with Crippen LogP contribution in [0.15, 0.2) is 18.2 Å². The van der Waals surface area contributed by atoms with Crippen LogP contribution in [0.5, 0.6) is 6.01 Å². The molecule has 45 heavy (non-hydrogen) atoms. The molecule has 4 heterocycles. The molecule has 3 fully saturated rings. The summed E-state index contributed by atoms with van der Waals surface area (Å²) >= 11 is 7.65. The normalized spacial score (nSPS) is 24.2. The van der Waals surface area contributed by atoms with Crippen LogP contribution in [0.2, 0.25) is 5.02 Å². The third-order valence-corrected chi connectivity index (χ3v) is 10.6. The number of anilines is 2. The van der Waals surface area contributed by atoms with E-state index in [1.165, 1.54) is 12.1 Å². The third kappa shape index (κ3) is 5.23. The number of benzene rings is 2. The number of hydrogen-bond donors (Lipinski definition) is 2. The molecule has 3 N–H and O–H groups in total. The molecule has 0 radical (unpaired) electrons. The van der Waals surface area contributed by atoms with Gasteiger partial charge in [-0.2, -0.15) is 15.2 Å². The zero-order chi connectivity index (χ0) is 32.2. The topological polar surface area (TPSA) is 112 Å². The molecule has 7 rings (SSSR count). The summed E-state index contributed by atoms with van der Waals surface area (Å²) in [4.78, 5) is 13.1. The van der Waals surface area contributed by atoms with Crippen LogP contribution in [-0.4, -0.2) is 70.6 Å². The molecule has 2 aliphatic heterocycles. The molecule has 0 bridgehead atoms. The maximum Gasteiger partial charge on any atom is 0.319 e. The van der Waals surface area contributed by atoms with Gasteiger partial charge in [-0.1, -0.05) is 31.5 Å². The van der Waals surface area contributed by atoms with Gasteiger partial charge in [-0.15, -0.1) is 11.3 Å². The third-order valence-electron chi connectivity index (χ3n) is 9.24. The van der Waals surface area contributed by atoms with Crippen molar-refractivity contribution in [2.75, 3.05) is 37.4 Å². The molecular formula is C32H34ClF3N6O2S. The summed E-state index contributed by atoms with van der Waals surface area (Å²) in [6.07, 6.45) is 1.75. The van der Waals surface area contributed by atoms with Crippen LogP contribution in [0.25, 0.3) is 32.1 Å². The molecular weight excluding hydrogens is 625 g/mol. The molecule has 2 aromatic heterocycles. The van der Waals surface area contributed by atoms with E-state index in [2.05, 4.69) is 14.9 Å². The van der Waals surface area contributed by atoms with Crippen LogP contribution in [0, 0.1) is 23.0 Å². The standard InChI is InChI=1S/C30H28ClF3N6O2S.C2H6/c1-39(15-7-16(41)8-15)28-18-9-20(31)23(17-3-4-21(33)26-22(17)19(11-35)27(36)43-26)24(34)25(18)37-29(38-28)42-13-30-5-2-6-40(30)12-14(32)10-30;1-2/h3-4,9,14-16,41H,2,5-8,10,12-13,36H2,1H3;1-2H3. The summed E-state index contributed by atoms with van der Waals surface area (Å²) in [5, 5.41) is 20.4. The number of halogens is 4. The second-order valence-electron chi connectivity index (χ2n) is 11.8. The van der Waals surface area contributed by atoms with Gasteiger partial charge in [0.05, 0.1) is 26.9 Å². The second kappa shape index (κ2) is 12.1. The molecule has 3 aliphatic rings. The lowest BCUT2D eigenvalue weighted by Crippen LogP contribution is -2.46. The maximum atomic E-state index is 16.7. The van der Waals surface area contributed by atoms with Crippen molar-refractivity contribution in [3.63, 3.8) is 0 Å². The monoisotopic (exact) mass is 658 g/mol. The van der Waals surface area contributed by atoms with Crippen molar-refractivity contribution < 1.29 is 23.0 Å². The summed E-state index contributed by atoms with van der Waals surface area (Å²) in [7, 11) is 1.81. The Kier molecular flexibility index (Phi) is 8.50. The minimum Gasteiger partial charge on any atom is -0.461 e. The van der Waals surface area contributed by atoms with E-state index < -0.39 is 29.4 Å². The first-order valence-corrected chi connectivity index (χ1v) is 16.3. The molecule has 1 saturated carbocycles. The van der Waals surface area contributed by atoms with Crippen LogP contribution in [-0.2, 0) is 0 Å². The van der Waals surface area contributed by atoms with Crippen LogP contribution < -0.4 is 15.4 Å². The maximum absolute atomic E-state index is 16.7. The van der Waals surface area contributed by atoms with Crippen molar-refractivity contribution in [2.45, 2.75) is 69.8 Å². The highest BCUT2D eigenvalue weighted by Gasteiger charge is 2.49. The van der Waals surface area contributed by atoms with Gasteiger partial charge in [0, 0.05) is 42.4 Å². The van der Waals surface area contributed by atoms with Crippen LogP contribution >= 0.6 is 22.9 Å². The zero-order valence-corrected chi connectivity index (χ0v) is 26.8. The van der Waals surface area contributed by atoms with Crippen molar-refractivity contribution in [2.24, 2.45) is 0 Å². The Labute approximate surface area is 268 Å². The zero-order valence-electron chi connectivity index (χ0n) is 25.2. The molecule has 0 spiro atoms. The van der Waals surface area contributed by atoms with Gasteiger partial charge in [0.25, 0.3) is 0 Å². The van der Waals surface area contributed by atoms with Crippen LogP contribution in [0.4, 0.5) is 24.0 Å². The number of thiophene rings is 1. The van der Waals surface area contributed by atoms with Gasteiger partial charge in [0.2, 0.25) is 0 Å². The van der Waals surface area contributed by atoms with Crippen molar-refractivity contribution in [3.05, 3.63) is 40.4 Å². The number of nitrogens with two attached hydrogens (primary N) is 1. The summed E-state index contributed by atoms with van der Waals surface area (Å²) in [6.45, 7) is 5.31. The number of fused-ring (bicyclic) bond motifs is 3. The molecule has 238 valence electrons. The van der Waals surface area contributed by atoms with E-state index in [1.54, 1.807) is 13.1 Å². The summed E-state index contributed by atoms with van der Waals surface area (Å²) in [6, 6.07) is 6.02. The van der Waals surface area contributed by atoms with Gasteiger partial charge < -0.3 is 20.5 Å². The molecule has 2 atom stereocenters. The molecule has 2 unspecified atom stereocenters. The van der Waals surface area contributed by atoms with Crippen molar-refractivity contribution in [1.29, 1.82) is 5.26 Å². The van der Waals surface area contributed by atoms with Gasteiger partial charge >= 0.3 is 6.01 Å². The average Bonchev–Trinajstić information content (AvgIpc) is 3.65. The Morgan fingerprint density at radius 1 is 1.29 bits per heavy atom. The Hall–Kier alpha value is -3.37. The highest BCUT2D eigenvalue weighted by atomic mass is 35.5. The van der Waals surface area contributed by atoms with Crippen LogP contribution in [0.1, 0.15) is 51.5 Å². The smallest absolute Gasteiger partial charge is 0.319 e. The lowest BCUT2D eigenvalue weighted by molar-refractivity contribution is 0.0748. The Bertz CT molecular complexity index is 1830. The number of aromatic nitrogens is 2. The number of hydrogen-bond acceptors (Lipinski definition) is 9. The van der Waals surface area contributed by atoms with Gasteiger partial charge in [0.15, 0.2) is 5.82 Å². The Morgan fingerprint density at radius 2 is 2.04 bits per heavy atom. The highest BCUT2D eigenvalue weighted by molar-refractivity contribution is 7.23. The van der Waals surface area contributed by atoms with Gasteiger partial charge in [-0.05, 0) is 49.9 Å². The van der Waals surface area contributed by atoms with Crippen molar-refractivity contribution in [1.82, 2.24) is 14.9 Å². The number of rotatable bonds is 6. The van der Waals surface area contributed by atoms with E-state index in [1.807, 2.05) is 24.8 Å².